The van der Waals surface area contributed by atoms with Crippen LogP contribution in [0, 0.1) is 3.57 Å². The van der Waals surface area contributed by atoms with Gasteiger partial charge in [-0.2, -0.15) is 4.99 Å². The van der Waals surface area contributed by atoms with E-state index < -0.39 is 5.91 Å². The average molecular weight is 581 g/mol. The summed E-state index contributed by atoms with van der Waals surface area (Å²) in [6.45, 7) is 1.39. The van der Waals surface area contributed by atoms with Crippen molar-refractivity contribution >= 4 is 57.7 Å². The van der Waals surface area contributed by atoms with Gasteiger partial charge in [0.2, 0.25) is 0 Å². The Balaban J connectivity index is 1.51. The summed E-state index contributed by atoms with van der Waals surface area (Å²) >= 11 is 8.42. The van der Waals surface area contributed by atoms with E-state index in [4.69, 9.17) is 27.8 Å². The number of nitrogen functional groups attached to an aromatic ring is 1. The lowest BCUT2D eigenvalue weighted by molar-refractivity contribution is 0.0998. The number of ether oxygens (including phenoxy) is 1. The fourth-order valence-corrected chi connectivity index (χ4v) is 3.15. The third-order valence-electron chi connectivity index (χ3n) is 4.22. The molecule has 172 valence electrons. The van der Waals surface area contributed by atoms with E-state index in [1.54, 1.807) is 24.5 Å². The molecule has 2 heterocycles. The van der Waals surface area contributed by atoms with Crippen LogP contribution in [0.15, 0.2) is 53.8 Å². The van der Waals surface area contributed by atoms with E-state index in [2.05, 4.69) is 53.2 Å². The summed E-state index contributed by atoms with van der Waals surface area (Å²) < 4.78 is 6.68. The molecule has 0 bridgehead atoms. The summed E-state index contributed by atoms with van der Waals surface area (Å²) in [6.07, 6.45) is 3.94. The molecule has 0 radical (unpaired) electrons. The van der Waals surface area contributed by atoms with Crippen molar-refractivity contribution in [1.29, 1.82) is 0 Å². The summed E-state index contributed by atoms with van der Waals surface area (Å²) in [6, 6.07) is 11.5. The molecule has 1 amide bonds. The molecular formula is C21H22ClIN8O2. The molecule has 12 heteroatoms. The lowest BCUT2D eigenvalue weighted by atomic mass is 10.2. The Morgan fingerprint density at radius 1 is 1.15 bits per heavy atom. The third-order valence-corrected chi connectivity index (χ3v) is 5.21. The molecule has 0 saturated heterocycles. The molecule has 0 aliphatic heterocycles. The molecule has 0 spiro atoms. The second-order valence-corrected chi connectivity index (χ2v) is 8.29. The first-order chi connectivity index (χ1) is 15.9. The number of hydrogen-bond donors (Lipinski definition) is 4. The number of guanidine groups is 1. The molecule has 0 unspecified atom stereocenters. The van der Waals surface area contributed by atoms with Crippen molar-refractivity contribution in [2.75, 3.05) is 24.2 Å². The van der Waals surface area contributed by atoms with Gasteiger partial charge >= 0.3 is 5.91 Å². The standard InChI is InChI=1S/C21H22ClIN8O2/c22-17-19(28-12-13-2-4-14(23)5-3-13)30-18(24)16(29-17)20(32)31-21(25)27-8-1-11-33-15-6-9-26-10-7-15/h2-7,9-10H,1,8,11-12H2,(H3,24,28,30)(H3,25,27,31,32). The zero-order valence-electron chi connectivity index (χ0n) is 17.5. The van der Waals surface area contributed by atoms with Crippen LogP contribution in [0.25, 0.3) is 0 Å². The maximum Gasteiger partial charge on any atom is 0.302 e. The first-order valence-corrected chi connectivity index (χ1v) is 11.3. The third kappa shape index (κ3) is 7.71. The van der Waals surface area contributed by atoms with Crippen LogP contribution in [0.2, 0.25) is 5.15 Å². The second kappa shape index (κ2) is 12.2. The first-order valence-electron chi connectivity index (χ1n) is 9.89. The van der Waals surface area contributed by atoms with Gasteiger partial charge in [-0.25, -0.2) is 9.97 Å². The normalized spacial score (nSPS) is 11.2. The molecule has 0 aliphatic rings. The first kappa shape index (κ1) is 24.5. The molecular weight excluding hydrogens is 559 g/mol. The molecule has 6 N–H and O–H groups in total. The molecule has 3 rings (SSSR count). The zero-order chi connectivity index (χ0) is 23.6. The lowest BCUT2D eigenvalue weighted by Crippen LogP contribution is -2.34. The van der Waals surface area contributed by atoms with Gasteiger partial charge in [-0.05, 0) is 58.8 Å². The van der Waals surface area contributed by atoms with Crippen molar-refractivity contribution in [3.8, 4) is 5.75 Å². The summed E-state index contributed by atoms with van der Waals surface area (Å²) in [5, 5.41) is 5.91. The highest BCUT2D eigenvalue weighted by Gasteiger charge is 2.17. The lowest BCUT2D eigenvalue weighted by Gasteiger charge is -2.10. The van der Waals surface area contributed by atoms with Crippen LogP contribution in [-0.2, 0) is 6.54 Å². The highest BCUT2D eigenvalue weighted by Crippen LogP contribution is 2.22. The Bertz CT molecular complexity index is 1110. The Labute approximate surface area is 209 Å². The van der Waals surface area contributed by atoms with E-state index >= 15 is 0 Å². The number of hydrogen-bond acceptors (Lipinski definition) is 7. The van der Waals surface area contributed by atoms with Gasteiger partial charge in [0.25, 0.3) is 0 Å². The summed E-state index contributed by atoms with van der Waals surface area (Å²) in [4.78, 5) is 28.3. The Morgan fingerprint density at radius 2 is 1.88 bits per heavy atom. The topological polar surface area (TPSA) is 153 Å². The van der Waals surface area contributed by atoms with Gasteiger partial charge in [-0.1, -0.05) is 23.7 Å². The fraction of sp³-hybridized carbons (Fsp3) is 0.190. The molecule has 3 aromatic rings. The zero-order valence-corrected chi connectivity index (χ0v) is 20.4. The van der Waals surface area contributed by atoms with E-state index in [9.17, 15) is 4.79 Å². The summed E-state index contributed by atoms with van der Waals surface area (Å²) in [5.41, 5.74) is 12.5. The van der Waals surface area contributed by atoms with Crippen molar-refractivity contribution in [2.45, 2.75) is 13.0 Å². The molecule has 0 saturated carbocycles. The van der Waals surface area contributed by atoms with Crippen LogP contribution in [0.1, 0.15) is 22.5 Å². The highest BCUT2D eigenvalue weighted by molar-refractivity contribution is 14.1. The molecule has 0 atom stereocenters. The summed E-state index contributed by atoms with van der Waals surface area (Å²) in [7, 11) is 0. The highest BCUT2D eigenvalue weighted by atomic mass is 127. The van der Waals surface area contributed by atoms with E-state index in [1.807, 2.05) is 24.3 Å². The molecule has 0 aliphatic carbocycles. The number of carbonyl (C=O) groups is 1. The number of halogens is 2. The van der Waals surface area contributed by atoms with Gasteiger partial charge in [0.15, 0.2) is 28.4 Å². The van der Waals surface area contributed by atoms with E-state index in [-0.39, 0.29) is 28.4 Å². The minimum Gasteiger partial charge on any atom is -0.493 e. The van der Waals surface area contributed by atoms with Gasteiger partial charge in [-0.15, -0.1) is 0 Å². The minimum atomic E-state index is -0.746. The molecule has 10 nitrogen and oxygen atoms in total. The number of nitrogens with zero attached hydrogens (tertiary/aromatic N) is 4. The number of pyridine rings is 1. The molecule has 33 heavy (non-hydrogen) atoms. The predicted molar refractivity (Wildman–Crippen MR) is 136 cm³/mol. The molecule has 1 aromatic carbocycles. The van der Waals surface area contributed by atoms with Crippen molar-refractivity contribution in [2.24, 2.45) is 10.7 Å². The number of anilines is 2. The second-order valence-electron chi connectivity index (χ2n) is 6.69. The van der Waals surface area contributed by atoms with E-state index in [0.717, 1.165) is 14.9 Å². The van der Waals surface area contributed by atoms with Crippen molar-refractivity contribution in [3.05, 3.63) is 68.8 Å². The van der Waals surface area contributed by atoms with Gasteiger partial charge < -0.3 is 26.8 Å². The number of carbonyl (C=O) groups excluding carboxylic acids is 1. The molecule has 0 fully saturated rings. The van der Waals surface area contributed by atoms with Crippen LogP contribution in [-0.4, -0.2) is 40.0 Å². The average Bonchev–Trinajstić information content (AvgIpc) is 2.80. The van der Waals surface area contributed by atoms with Gasteiger partial charge in [0.1, 0.15) is 5.75 Å². The van der Waals surface area contributed by atoms with Gasteiger partial charge in [0, 0.05) is 29.1 Å². The number of rotatable bonds is 9. The van der Waals surface area contributed by atoms with Gasteiger partial charge in [-0.3, -0.25) is 9.78 Å². The van der Waals surface area contributed by atoms with Crippen molar-refractivity contribution < 1.29 is 9.53 Å². The number of nitrogens with one attached hydrogen (secondary N) is 2. The van der Waals surface area contributed by atoms with Crippen molar-refractivity contribution in [1.82, 2.24) is 20.3 Å². The number of amides is 1. The fourth-order valence-electron chi connectivity index (χ4n) is 2.60. The maximum atomic E-state index is 12.4. The Morgan fingerprint density at radius 3 is 2.61 bits per heavy atom. The predicted octanol–water partition coefficient (Wildman–Crippen LogP) is 2.84. The quantitative estimate of drug-likeness (QED) is 0.129. The van der Waals surface area contributed by atoms with Crippen LogP contribution < -0.4 is 26.8 Å². The number of aliphatic imine (C=N–C) groups is 1. The van der Waals surface area contributed by atoms with E-state index in [1.165, 1.54) is 0 Å². The largest absolute Gasteiger partial charge is 0.493 e. The van der Waals surface area contributed by atoms with Crippen LogP contribution in [0.5, 0.6) is 5.75 Å². The van der Waals surface area contributed by atoms with E-state index in [0.29, 0.717) is 26.1 Å². The number of nitrogens with two attached hydrogens (primary N) is 2. The SMILES string of the molecule is N/C(=N\C(=O)c1nc(Cl)c(NCc2ccc(I)cc2)nc1N)NCCCOc1ccncc1. The van der Waals surface area contributed by atoms with Crippen LogP contribution in [0.4, 0.5) is 11.6 Å². The van der Waals surface area contributed by atoms with Crippen LogP contribution in [0.3, 0.4) is 0 Å². The summed E-state index contributed by atoms with van der Waals surface area (Å²) in [5.74, 6) is 0.0841. The minimum absolute atomic E-state index is 0.00746. The Hall–Kier alpha value is -3.19. The smallest absolute Gasteiger partial charge is 0.302 e. The number of benzene rings is 1. The van der Waals surface area contributed by atoms with Gasteiger partial charge in [0.05, 0.1) is 6.61 Å². The monoisotopic (exact) mass is 580 g/mol. The Kier molecular flexibility index (Phi) is 9.01. The molecule has 2 aromatic heterocycles. The number of aromatic nitrogens is 3. The van der Waals surface area contributed by atoms with Crippen molar-refractivity contribution in [3.63, 3.8) is 0 Å². The maximum absolute atomic E-state index is 12.4. The van der Waals surface area contributed by atoms with Crippen LogP contribution >= 0.6 is 34.2 Å².